The van der Waals surface area contributed by atoms with Crippen LogP contribution < -0.4 is 10.6 Å². The van der Waals surface area contributed by atoms with Crippen LogP contribution in [-0.4, -0.2) is 69.2 Å². The zero-order valence-corrected chi connectivity index (χ0v) is 11.7. The highest BCUT2D eigenvalue weighted by Crippen LogP contribution is 1.97. The van der Waals surface area contributed by atoms with Crippen LogP contribution in [0.5, 0.6) is 0 Å². The van der Waals surface area contributed by atoms with Crippen LogP contribution in [0, 0.1) is 0 Å². The van der Waals surface area contributed by atoms with Crippen molar-refractivity contribution in [2.75, 3.05) is 52.4 Å². The number of morpholine rings is 1. The van der Waals surface area contributed by atoms with Gasteiger partial charge in [-0.1, -0.05) is 13.8 Å². The van der Waals surface area contributed by atoms with Crippen molar-refractivity contribution in [2.24, 2.45) is 0 Å². The standard InChI is InChI=1S/C13H27N3O2/c1-3-16(4-2)8-5-6-14-10-12(17)13-11-15-7-9-18-13/h13-15H,3-11H2,1-2H3. The summed E-state index contributed by atoms with van der Waals surface area (Å²) in [6.45, 7) is 11.1. The van der Waals surface area contributed by atoms with E-state index in [0.717, 1.165) is 39.1 Å². The monoisotopic (exact) mass is 257 g/mol. The third kappa shape index (κ3) is 5.91. The number of hydrogen-bond donors (Lipinski definition) is 2. The van der Waals surface area contributed by atoms with E-state index in [1.165, 1.54) is 0 Å². The van der Waals surface area contributed by atoms with Crippen LogP contribution in [0.4, 0.5) is 0 Å². The smallest absolute Gasteiger partial charge is 0.176 e. The van der Waals surface area contributed by atoms with Crippen LogP contribution in [0.25, 0.3) is 0 Å². The van der Waals surface area contributed by atoms with Crippen LogP contribution >= 0.6 is 0 Å². The number of ketones is 1. The zero-order valence-electron chi connectivity index (χ0n) is 11.7. The van der Waals surface area contributed by atoms with Gasteiger partial charge in [-0.25, -0.2) is 0 Å². The molecule has 1 saturated heterocycles. The Morgan fingerprint density at radius 1 is 1.44 bits per heavy atom. The van der Waals surface area contributed by atoms with Crippen molar-refractivity contribution in [1.82, 2.24) is 15.5 Å². The predicted octanol–water partition coefficient (Wildman–Crippen LogP) is -0.135. The van der Waals surface area contributed by atoms with E-state index in [9.17, 15) is 4.79 Å². The Balaban J connectivity index is 2.01. The van der Waals surface area contributed by atoms with E-state index in [0.29, 0.717) is 19.7 Å². The fourth-order valence-electron chi connectivity index (χ4n) is 2.07. The molecule has 1 rings (SSSR count). The van der Waals surface area contributed by atoms with Gasteiger partial charge in [0, 0.05) is 13.1 Å². The molecule has 0 spiro atoms. The molecule has 1 aliphatic heterocycles. The first-order valence-corrected chi connectivity index (χ1v) is 7.06. The van der Waals surface area contributed by atoms with Gasteiger partial charge < -0.3 is 20.3 Å². The molecule has 1 atom stereocenters. The Labute approximate surface area is 110 Å². The molecule has 0 aromatic heterocycles. The van der Waals surface area contributed by atoms with Crippen LogP contribution in [0.2, 0.25) is 0 Å². The van der Waals surface area contributed by atoms with Crippen LogP contribution in [0.1, 0.15) is 20.3 Å². The Morgan fingerprint density at radius 2 is 2.22 bits per heavy atom. The molecule has 1 unspecified atom stereocenters. The molecule has 0 amide bonds. The van der Waals surface area contributed by atoms with Gasteiger partial charge in [0.05, 0.1) is 13.2 Å². The van der Waals surface area contributed by atoms with Gasteiger partial charge in [-0.2, -0.15) is 0 Å². The van der Waals surface area contributed by atoms with E-state index < -0.39 is 0 Å². The lowest BCUT2D eigenvalue weighted by molar-refractivity contribution is -0.131. The second-order valence-electron chi connectivity index (χ2n) is 4.59. The van der Waals surface area contributed by atoms with Crippen molar-refractivity contribution in [2.45, 2.75) is 26.4 Å². The Hall–Kier alpha value is -0.490. The number of Topliss-reactive ketones (excluding diaryl/α,β-unsaturated/α-hetero) is 1. The Bertz CT molecular complexity index is 226. The minimum absolute atomic E-state index is 0.157. The quantitative estimate of drug-likeness (QED) is 0.563. The summed E-state index contributed by atoms with van der Waals surface area (Å²) < 4.78 is 5.41. The summed E-state index contributed by atoms with van der Waals surface area (Å²) in [5, 5.41) is 6.37. The van der Waals surface area contributed by atoms with Gasteiger partial charge in [-0.05, 0) is 32.6 Å². The van der Waals surface area contributed by atoms with Crippen molar-refractivity contribution in [3.05, 3.63) is 0 Å². The molecule has 0 aromatic carbocycles. The third-order valence-electron chi connectivity index (χ3n) is 3.31. The summed E-state index contributed by atoms with van der Waals surface area (Å²) in [7, 11) is 0. The summed E-state index contributed by atoms with van der Waals surface area (Å²) in [6, 6.07) is 0. The number of ether oxygens (including phenoxy) is 1. The summed E-state index contributed by atoms with van der Waals surface area (Å²) in [6.07, 6.45) is 0.827. The van der Waals surface area contributed by atoms with E-state index in [-0.39, 0.29) is 11.9 Å². The first-order chi connectivity index (χ1) is 8.77. The SMILES string of the molecule is CCN(CC)CCCNCC(=O)C1CNCCO1. The molecule has 0 saturated carbocycles. The first-order valence-electron chi connectivity index (χ1n) is 7.06. The number of nitrogens with zero attached hydrogens (tertiary/aromatic N) is 1. The van der Waals surface area contributed by atoms with Gasteiger partial charge in [0.1, 0.15) is 6.10 Å². The zero-order chi connectivity index (χ0) is 13.2. The lowest BCUT2D eigenvalue weighted by atomic mass is 10.2. The van der Waals surface area contributed by atoms with Crippen molar-refractivity contribution >= 4 is 5.78 Å². The van der Waals surface area contributed by atoms with Gasteiger partial charge >= 0.3 is 0 Å². The summed E-state index contributed by atoms with van der Waals surface area (Å²) in [5.74, 6) is 0.157. The van der Waals surface area contributed by atoms with E-state index in [1.807, 2.05) is 0 Å². The van der Waals surface area contributed by atoms with Gasteiger partial charge in [0.2, 0.25) is 0 Å². The predicted molar refractivity (Wildman–Crippen MR) is 72.9 cm³/mol. The molecule has 1 heterocycles. The Morgan fingerprint density at radius 3 is 2.83 bits per heavy atom. The largest absolute Gasteiger partial charge is 0.368 e. The molecular formula is C13H27N3O2. The van der Waals surface area contributed by atoms with Gasteiger partial charge in [0.15, 0.2) is 5.78 Å². The lowest BCUT2D eigenvalue weighted by Gasteiger charge is -2.22. The molecule has 0 aromatic rings. The highest BCUT2D eigenvalue weighted by atomic mass is 16.5. The summed E-state index contributed by atoms with van der Waals surface area (Å²) >= 11 is 0. The maximum Gasteiger partial charge on any atom is 0.176 e. The van der Waals surface area contributed by atoms with E-state index in [2.05, 4.69) is 29.4 Å². The lowest BCUT2D eigenvalue weighted by Crippen LogP contribution is -2.46. The highest BCUT2D eigenvalue weighted by Gasteiger charge is 2.20. The average Bonchev–Trinajstić information content (AvgIpc) is 2.43. The number of hydrogen-bond acceptors (Lipinski definition) is 5. The molecule has 1 aliphatic rings. The Kier molecular flexibility index (Phi) is 8.17. The second-order valence-corrected chi connectivity index (χ2v) is 4.59. The number of rotatable bonds is 9. The van der Waals surface area contributed by atoms with Gasteiger partial charge in [-0.3, -0.25) is 4.79 Å². The fourth-order valence-corrected chi connectivity index (χ4v) is 2.07. The highest BCUT2D eigenvalue weighted by molar-refractivity contribution is 5.85. The summed E-state index contributed by atoms with van der Waals surface area (Å²) in [5.41, 5.74) is 0. The maximum atomic E-state index is 11.8. The van der Waals surface area contributed by atoms with Crippen LogP contribution in [0.3, 0.4) is 0 Å². The molecule has 0 bridgehead atoms. The van der Waals surface area contributed by atoms with Crippen molar-refractivity contribution < 1.29 is 9.53 Å². The molecule has 5 nitrogen and oxygen atoms in total. The van der Waals surface area contributed by atoms with E-state index in [4.69, 9.17) is 4.74 Å². The van der Waals surface area contributed by atoms with Gasteiger partial charge in [-0.15, -0.1) is 0 Å². The van der Waals surface area contributed by atoms with Crippen LogP contribution in [-0.2, 0) is 9.53 Å². The molecule has 0 radical (unpaired) electrons. The normalized spacial score (nSPS) is 20.3. The molecule has 1 fully saturated rings. The first kappa shape index (κ1) is 15.6. The van der Waals surface area contributed by atoms with Crippen molar-refractivity contribution in [1.29, 1.82) is 0 Å². The molecule has 0 aliphatic carbocycles. The number of carbonyl (C=O) groups excluding carboxylic acids is 1. The minimum Gasteiger partial charge on any atom is -0.368 e. The second kappa shape index (κ2) is 9.44. The van der Waals surface area contributed by atoms with Crippen LogP contribution in [0.15, 0.2) is 0 Å². The van der Waals surface area contributed by atoms with Crippen molar-refractivity contribution in [3.8, 4) is 0 Å². The van der Waals surface area contributed by atoms with E-state index >= 15 is 0 Å². The minimum atomic E-state index is -0.256. The molecular weight excluding hydrogens is 230 g/mol. The topological polar surface area (TPSA) is 53.6 Å². The number of nitrogens with one attached hydrogen (secondary N) is 2. The molecule has 106 valence electrons. The van der Waals surface area contributed by atoms with Gasteiger partial charge in [0.25, 0.3) is 0 Å². The molecule has 5 heteroatoms. The number of carbonyl (C=O) groups is 1. The third-order valence-corrected chi connectivity index (χ3v) is 3.31. The fraction of sp³-hybridized carbons (Fsp3) is 0.923. The van der Waals surface area contributed by atoms with Crippen molar-refractivity contribution in [3.63, 3.8) is 0 Å². The molecule has 18 heavy (non-hydrogen) atoms. The summed E-state index contributed by atoms with van der Waals surface area (Å²) in [4.78, 5) is 14.2. The average molecular weight is 257 g/mol. The van der Waals surface area contributed by atoms with E-state index in [1.54, 1.807) is 0 Å². The molecule has 2 N–H and O–H groups in total. The maximum absolute atomic E-state index is 11.8.